The average Bonchev–Trinajstić information content (AvgIpc) is 2.41. The van der Waals surface area contributed by atoms with Gasteiger partial charge in [0.1, 0.15) is 0 Å². The van der Waals surface area contributed by atoms with Gasteiger partial charge in [-0.15, -0.1) is 0 Å². The molecule has 0 unspecified atom stereocenters. The van der Waals surface area contributed by atoms with Gasteiger partial charge in [0.05, 0.1) is 11.7 Å². The Morgan fingerprint density at radius 3 is 2.39 bits per heavy atom. The van der Waals surface area contributed by atoms with Crippen LogP contribution < -0.4 is 0 Å². The van der Waals surface area contributed by atoms with E-state index in [0.29, 0.717) is 11.6 Å². The van der Waals surface area contributed by atoms with E-state index in [1.54, 1.807) is 12.2 Å². The first-order chi connectivity index (χ1) is 8.85. The summed E-state index contributed by atoms with van der Waals surface area (Å²) in [5.41, 5.74) is 1.80. The van der Waals surface area contributed by atoms with E-state index in [2.05, 4.69) is 9.98 Å². The summed E-state index contributed by atoms with van der Waals surface area (Å²) in [7, 11) is 0. The fourth-order valence-corrected chi connectivity index (χ4v) is 2.57. The van der Waals surface area contributed by atoms with E-state index in [9.17, 15) is 9.59 Å². The molecule has 0 bridgehead atoms. The lowest BCUT2D eigenvalue weighted by atomic mass is 9.81. The van der Waals surface area contributed by atoms with Gasteiger partial charge in [0.2, 0.25) is 12.2 Å². The zero-order valence-electron chi connectivity index (χ0n) is 10.0. The third-order valence-corrected chi connectivity index (χ3v) is 3.47. The van der Waals surface area contributed by atoms with E-state index in [1.807, 2.05) is 24.3 Å². The van der Waals surface area contributed by atoms with Crippen LogP contribution in [0.15, 0.2) is 34.3 Å². The van der Waals surface area contributed by atoms with Crippen molar-refractivity contribution in [2.75, 3.05) is 0 Å². The third kappa shape index (κ3) is 2.80. The van der Waals surface area contributed by atoms with Crippen molar-refractivity contribution >= 4 is 17.8 Å². The highest BCUT2D eigenvalue weighted by Crippen LogP contribution is 2.38. The summed E-state index contributed by atoms with van der Waals surface area (Å²) in [5.74, 6) is 0.386. The Morgan fingerprint density at radius 1 is 1.00 bits per heavy atom. The second kappa shape index (κ2) is 6.06. The normalized spacial score (nSPS) is 22.7. The molecule has 0 heterocycles. The first kappa shape index (κ1) is 12.4. The van der Waals surface area contributed by atoms with Crippen molar-refractivity contribution in [3.8, 4) is 0 Å². The van der Waals surface area contributed by atoms with Gasteiger partial charge in [0.25, 0.3) is 0 Å². The van der Waals surface area contributed by atoms with E-state index >= 15 is 0 Å². The number of hydrogen-bond acceptors (Lipinski definition) is 4. The van der Waals surface area contributed by atoms with Gasteiger partial charge in [-0.2, -0.15) is 4.99 Å². The van der Waals surface area contributed by atoms with Crippen molar-refractivity contribution in [3.63, 3.8) is 0 Å². The molecule has 0 saturated heterocycles. The molecule has 1 fully saturated rings. The molecule has 1 aliphatic carbocycles. The van der Waals surface area contributed by atoms with Gasteiger partial charge < -0.3 is 0 Å². The summed E-state index contributed by atoms with van der Waals surface area (Å²) in [6, 6.07) is 7.76. The summed E-state index contributed by atoms with van der Waals surface area (Å²) >= 11 is 0. The molecule has 1 saturated carbocycles. The highest BCUT2D eigenvalue weighted by Gasteiger charge is 2.23. The quantitative estimate of drug-likeness (QED) is 0.604. The molecule has 0 amide bonds. The van der Waals surface area contributed by atoms with E-state index in [-0.39, 0.29) is 6.04 Å². The topological polar surface area (TPSA) is 58.9 Å². The molecule has 1 aliphatic rings. The Balaban J connectivity index is 2.14. The Bertz CT molecular complexity index is 506. The van der Waals surface area contributed by atoms with E-state index in [1.165, 1.54) is 0 Å². The van der Waals surface area contributed by atoms with Crippen molar-refractivity contribution < 1.29 is 9.59 Å². The number of rotatable bonds is 3. The summed E-state index contributed by atoms with van der Waals surface area (Å²) in [4.78, 5) is 28.1. The first-order valence-electron chi connectivity index (χ1n) is 6.09. The zero-order valence-corrected chi connectivity index (χ0v) is 10.0. The monoisotopic (exact) mass is 242 g/mol. The predicted molar refractivity (Wildman–Crippen MR) is 67.3 cm³/mol. The van der Waals surface area contributed by atoms with E-state index < -0.39 is 0 Å². The molecule has 4 heteroatoms. The van der Waals surface area contributed by atoms with Crippen LogP contribution in [0.4, 0.5) is 5.69 Å². The highest BCUT2D eigenvalue weighted by atomic mass is 16.1. The van der Waals surface area contributed by atoms with E-state index in [0.717, 1.165) is 31.2 Å². The van der Waals surface area contributed by atoms with Crippen LogP contribution in [0.5, 0.6) is 0 Å². The van der Waals surface area contributed by atoms with Crippen molar-refractivity contribution in [3.05, 3.63) is 29.8 Å². The molecule has 18 heavy (non-hydrogen) atoms. The molecule has 1 aromatic carbocycles. The van der Waals surface area contributed by atoms with Crippen LogP contribution in [-0.2, 0) is 9.59 Å². The van der Waals surface area contributed by atoms with Crippen molar-refractivity contribution in [1.29, 1.82) is 0 Å². The molecule has 4 nitrogen and oxygen atoms in total. The van der Waals surface area contributed by atoms with Gasteiger partial charge in [-0.3, -0.25) is 0 Å². The van der Waals surface area contributed by atoms with Gasteiger partial charge in [-0.25, -0.2) is 14.6 Å². The van der Waals surface area contributed by atoms with Crippen LogP contribution in [0.3, 0.4) is 0 Å². The number of aliphatic imine (C=N–C) groups is 2. The minimum Gasteiger partial charge on any atom is -0.211 e. The zero-order chi connectivity index (χ0) is 12.8. The summed E-state index contributed by atoms with van der Waals surface area (Å²) < 4.78 is 0. The molecule has 0 radical (unpaired) electrons. The van der Waals surface area contributed by atoms with Crippen molar-refractivity contribution in [1.82, 2.24) is 0 Å². The van der Waals surface area contributed by atoms with Crippen molar-refractivity contribution in [2.24, 2.45) is 9.98 Å². The molecule has 2 rings (SSSR count). The number of benzene rings is 1. The first-order valence-corrected chi connectivity index (χ1v) is 6.09. The van der Waals surface area contributed by atoms with Gasteiger partial charge in [0.15, 0.2) is 0 Å². The van der Waals surface area contributed by atoms with Crippen LogP contribution in [0.25, 0.3) is 0 Å². The SMILES string of the molecule is O=C=Nc1ccccc1C1CCC(N=C=O)CC1. The lowest BCUT2D eigenvalue weighted by Gasteiger charge is -2.26. The number of isocyanates is 2. The lowest BCUT2D eigenvalue weighted by molar-refractivity contribution is 0.395. The molecule has 1 aromatic rings. The molecular formula is C14H14N2O2. The van der Waals surface area contributed by atoms with Gasteiger partial charge in [-0.1, -0.05) is 18.2 Å². The number of nitrogens with zero attached hydrogens (tertiary/aromatic N) is 2. The molecule has 0 aliphatic heterocycles. The predicted octanol–water partition coefficient (Wildman–Crippen LogP) is 3.02. The van der Waals surface area contributed by atoms with Crippen LogP contribution in [0.1, 0.15) is 37.2 Å². The van der Waals surface area contributed by atoms with Gasteiger partial charge in [0, 0.05) is 0 Å². The number of para-hydroxylation sites is 1. The van der Waals surface area contributed by atoms with Crippen molar-refractivity contribution in [2.45, 2.75) is 37.6 Å². The highest BCUT2D eigenvalue weighted by molar-refractivity contribution is 5.54. The maximum Gasteiger partial charge on any atom is 0.240 e. The Kier molecular flexibility index (Phi) is 4.19. The fourth-order valence-electron chi connectivity index (χ4n) is 2.57. The molecule has 0 N–H and O–H groups in total. The maximum absolute atomic E-state index is 10.4. The largest absolute Gasteiger partial charge is 0.240 e. The van der Waals surface area contributed by atoms with Gasteiger partial charge >= 0.3 is 0 Å². The van der Waals surface area contributed by atoms with Crippen LogP contribution in [-0.4, -0.2) is 18.2 Å². The van der Waals surface area contributed by atoms with Gasteiger partial charge in [-0.05, 0) is 43.2 Å². The van der Waals surface area contributed by atoms with Crippen LogP contribution in [0, 0.1) is 0 Å². The summed E-state index contributed by atoms with van der Waals surface area (Å²) in [5, 5.41) is 0. The molecule has 0 aromatic heterocycles. The minimum atomic E-state index is 0.112. The number of carbonyl (C=O) groups excluding carboxylic acids is 2. The molecule has 0 atom stereocenters. The lowest BCUT2D eigenvalue weighted by Crippen LogP contribution is -2.15. The Morgan fingerprint density at radius 2 is 1.72 bits per heavy atom. The minimum absolute atomic E-state index is 0.112. The summed E-state index contributed by atoms with van der Waals surface area (Å²) in [6.45, 7) is 0. The molecule has 0 spiro atoms. The second-order valence-electron chi connectivity index (χ2n) is 4.49. The van der Waals surface area contributed by atoms with Crippen LogP contribution in [0.2, 0.25) is 0 Å². The third-order valence-electron chi connectivity index (χ3n) is 3.47. The standard InChI is InChI=1S/C14H14N2O2/c17-9-15-12-7-5-11(6-8-12)13-3-1-2-4-14(13)16-10-18/h1-4,11-12H,5-8H2. The molecular weight excluding hydrogens is 228 g/mol. The summed E-state index contributed by atoms with van der Waals surface area (Å²) in [6.07, 6.45) is 6.92. The smallest absolute Gasteiger partial charge is 0.211 e. The maximum atomic E-state index is 10.4. The second-order valence-corrected chi connectivity index (χ2v) is 4.49. The van der Waals surface area contributed by atoms with Crippen LogP contribution >= 0.6 is 0 Å². The molecule has 92 valence electrons. The van der Waals surface area contributed by atoms with E-state index in [4.69, 9.17) is 0 Å². The fraction of sp³-hybridized carbons (Fsp3) is 0.429. The average molecular weight is 242 g/mol. The number of hydrogen-bond donors (Lipinski definition) is 0. The Labute approximate surface area is 105 Å². The Hall–Kier alpha value is -2.02.